The lowest BCUT2D eigenvalue weighted by Crippen LogP contribution is -2.27. The van der Waals surface area contributed by atoms with Crippen LogP contribution >= 0.6 is 11.6 Å². The average Bonchev–Trinajstić information content (AvgIpc) is 3.26. The van der Waals surface area contributed by atoms with Gasteiger partial charge in [-0.1, -0.05) is 11.6 Å². The van der Waals surface area contributed by atoms with Crippen LogP contribution in [0.4, 0.5) is 24.9 Å². The number of hydrogen-bond acceptors (Lipinski definition) is 5. The topological polar surface area (TPSA) is 60.9 Å². The third kappa shape index (κ3) is 3.46. The number of anilines is 2. The van der Waals surface area contributed by atoms with Crippen LogP contribution in [0.5, 0.6) is 0 Å². The molecule has 1 aromatic carbocycles. The Hall–Kier alpha value is -2.55. The molecule has 148 valence electrons. The first-order valence-electron chi connectivity index (χ1n) is 8.78. The van der Waals surface area contributed by atoms with Gasteiger partial charge in [-0.25, -0.2) is 9.97 Å². The van der Waals surface area contributed by atoms with E-state index < -0.39 is 11.9 Å². The Kier molecular flexibility index (Phi) is 4.57. The number of aromatic amines is 1. The molecule has 1 N–H and O–H groups in total. The largest absolute Gasteiger partial charge is 0.433 e. The van der Waals surface area contributed by atoms with E-state index in [1.807, 2.05) is 6.07 Å². The van der Waals surface area contributed by atoms with E-state index in [0.717, 1.165) is 29.9 Å². The van der Waals surface area contributed by atoms with E-state index in [9.17, 15) is 13.2 Å². The summed E-state index contributed by atoms with van der Waals surface area (Å²) in [6.45, 7) is 0.552. The molecular formula is C18H18ClF3N6. The number of aromatic nitrogens is 4. The molecule has 0 bridgehead atoms. The number of H-pyrrole nitrogens is 1. The van der Waals surface area contributed by atoms with E-state index in [0.29, 0.717) is 17.4 Å². The van der Waals surface area contributed by atoms with Crippen LogP contribution in [0, 0.1) is 0 Å². The highest BCUT2D eigenvalue weighted by atomic mass is 35.5. The van der Waals surface area contributed by atoms with Gasteiger partial charge < -0.3 is 14.8 Å². The molecule has 0 radical (unpaired) electrons. The Morgan fingerprint density at radius 1 is 1.18 bits per heavy atom. The van der Waals surface area contributed by atoms with Crippen molar-refractivity contribution in [3.8, 4) is 0 Å². The lowest BCUT2D eigenvalue weighted by Gasteiger charge is -2.25. The normalized spacial score (nSPS) is 17.5. The van der Waals surface area contributed by atoms with Crippen molar-refractivity contribution in [3.63, 3.8) is 0 Å². The molecule has 0 aliphatic carbocycles. The van der Waals surface area contributed by atoms with E-state index in [1.54, 1.807) is 31.1 Å². The van der Waals surface area contributed by atoms with Gasteiger partial charge in [0, 0.05) is 31.7 Å². The maximum atomic E-state index is 13.3. The van der Waals surface area contributed by atoms with Crippen molar-refractivity contribution in [2.45, 2.75) is 25.1 Å². The fourth-order valence-electron chi connectivity index (χ4n) is 3.37. The fraction of sp³-hybridized carbons (Fsp3) is 0.389. The number of alkyl halides is 3. The van der Waals surface area contributed by atoms with Crippen molar-refractivity contribution in [2.75, 3.05) is 30.4 Å². The number of hydrogen-bond donors (Lipinski definition) is 1. The van der Waals surface area contributed by atoms with Crippen LogP contribution < -0.4 is 9.80 Å². The highest BCUT2D eigenvalue weighted by molar-refractivity contribution is 6.31. The summed E-state index contributed by atoms with van der Waals surface area (Å²) in [5, 5.41) is 0.586. The lowest BCUT2D eigenvalue weighted by molar-refractivity contribution is -0.141. The molecule has 0 spiro atoms. The van der Waals surface area contributed by atoms with Gasteiger partial charge in [-0.15, -0.1) is 0 Å². The van der Waals surface area contributed by atoms with Crippen LogP contribution in [0.1, 0.15) is 30.4 Å². The molecule has 2 aromatic heterocycles. The third-order valence-corrected chi connectivity index (χ3v) is 4.97. The second-order valence-electron chi connectivity index (χ2n) is 6.94. The number of benzene rings is 1. The zero-order valence-corrected chi connectivity index (χ0v) is 16.0. The maximum Gasteiger partial charge on any atom is 0.433 e. The Bertz CT molecular complexity index is 1020. The van der Waals surface area contributed by atoms with Crippen LogP contribution in [0.3, 0.4) is 0 Å². The van der Waals surface area contributed by atoms with Crippen molar-refractivity contribution >= 4 is 34.4 Å². The monoisotopic (exact) mass is 410 g/mol. The van der Waals surface area contributed by atoms with Crippen molar-refractivity contribution in [1.29, 1.82) is 0 Å². The summed E-state index contributed by atoms with van der Waals surface area (Å²) in [4.78, 5) is 19.3. The highest BCUT2D eigenvalue weighted by Gasteiger charge is 2.36. The number of nitrogens with zero attached hydrogens (tertiary/aromatic N) is 5. The standard InChI is InChI=1S/C18H18ClF3N6/c1-27(2)15-9-14(18(20,21)22)25-17(26-15)28-7-3-4-13(28)16-23-11-6-5-10(19)8-12(11)24-16/h5-6,8-9,13H,3-4,7H2,1-2H3,(H,23,24)/t13-/m0/s1. The minimum absolute atomic E-state index is 0.0551. The minimum atomic E-state index is -4.55. The van der Waals surface area contributed by atoms with Crippen LogP contribution in [0.15, 0.2) is 24.3 Å². The molecule has 1 saturated heterocycles. The first-order chi connectivity index (χ1) is 13.2. The summed E-state index contributed by atoms with van der Waals surface area (Å²) in [6.07, 6.45) is -3.00. The predicted octanol–water partition coefficient (Wildman–Crippen LogP) is 4.43. The van der Waals surface area contributed by atoms with Crippen LogP contribution in [-0.4, -0.2) is 40.6 Å². The van der Waals surface area contributed by atoms with Gasteiger partial charge in [-0.2, -0.15) is 18.2 Å². The minimum Gasteiger partial charge on any atom is -0.363 e. The summed E-state index contributed by atoms with van der Waals surface area (Å²) in [6, 6.07) is 6.06. The summed E-state index contributed by atoms with van der Waals surface area (Å²) >= 11 is 6.03. The fourth-order valence-corrected chi connectivity index (χ4v) is 3.55. The van der Waals surface area contributed by atoms with Crippen LogP contribution in [-0.2, 0) is 6.18 Å². The Labute approximate surface area is 164 Å². The molecule has 1 aliphatic rings. The molecule has 6 nitrogen and oxygen atoms in total. The molecule has 0 saturated carbocycles. The molecule has 3 aromatic rings. The van der Waals surface area contributed by atoms with Gasteiger partial charge in [0.15, 0.2) is 5.69 Å². The summed E-state index contributed by atoms with van der Waals surface area (Å²) in [5.74, 6) is 0.932. The van der Waals surface area contributed by atoms with Crippen molar-refractivity contribution in [3.05, 3.63) is 40.8 Å². The smallest absolute Gasteiger partial charge is 0.363 e. The van der Waals surface area contributed by atoms with Gasteiger partial charge in [0.1, 0.15) is 11.6 Å². The predicted molar refractivity (Wildman–Crippen MR) is 102 cm³/mol. The van der Waals surface area contributed by atoms with E-state index in [-0.39, 0.29) is 17.8 Å². The molecule has 3 heterocycles. The zero-order valence-electron chi connectivity index (χ0n) is 15.3. The lowest BCUT2D eigenvalue weighted by atomic mass is 10.2. The molecule has 0 amide bonds. The summed E-state index contributed by atoms with van der Waals surface area (Å²) in [5.41, 5.74) is 0.585. The Balaban J connectivity index is 1.75. The second kappa shape index (κ2) is 6.80. The van der Waals surface area contributed by atoms with E-state index in [4.69, 9.17) is 11.6 Å². The van der Waals surface area contributed by atoms with Crippen LogP contribution in [0.2, 0.25) is 5.02 Å². The zero-order chi connectivity index (χ0) is 20.1. The number of imidazole rings is 1. The maximum absolute atomic E-state index is 13.3. The number of nitrogens with one attached hydrogen (secondary N) is 1. The van der Waals surface area contributed by atoms with Crippen molar-refractivity contribution in [2.24, 2.45) is 0 Å². The second-order valence-corrected chi connectivity index (χ2v) is 7.37. The molecular weight excluding hydrogens is 393 g/mol. The Morgan fingerprint density at radius 3 is 2.68 bits per heavy atom. The SMILES string of the molecule is CN(C)c1cc(C(F)(F)F)nc(N2CCC[C@H]2c2nc3ccc(Cl)cc3[nH]2)n1. The number of halogens is 4. The van der Waals surface area contributed by atoms with Gasteiger partial charge in [-0.3, -0.25) is 0 Å². The molecule has 10 heteroatoms. The van der Waals surface area contributed by atoms with Gasteiger partial charge in [-0.05, 0) is 31.0 Å². The molecule has 1 atom stereocenters. The first kappa shape index (κ1) is 18.8. The third-order valence-electron chi connectivity index (χ3n) is 4.74. The molecule has 28 heavy (non-hydrogen) atoms. The summed E-state index contributed by atoms with van der Waals surface area (Å²) < 4.78 is 40.0. The quantitative estimate of drug-likeness (QED) is 0.692. The summed E-state index contributed by atoms with van der Waals surface area (Å²) in [7, 11) is 3.30. The van der Waals surface area contributed by atoms with Crippen molar-refractivity contribution in [1.82, 2.24) is 19.9 Å². The highest BCUT2D eigenvalue weighted by Crippen LogP contribution is 2.37. The van der Waals surface area contributed by atoms with Crippen molar-refractivity contribution < 1.29 is 13.2 Å². The van der Waals surface area contributed by atoms with E-state index in [1.165, 1.54) is 4.90 Å². The van der Waals surface area contributed by atoms with E-state index >= 15 is 0 Å². The van der Waals surface area contributed by atoms with Gasteiger partial charge in [0.25, 0.3) is 0 Å². The van der Waals surface area contributed by atoms with Crippen LogP contribution in [0.25, 0.3) is 11.0 Å². The van der Waals surface area contributed by atoms with Gasteiger partial charge in [0.2, 0.25) is 5.95 Å². The molecule has 1 fully saturated rings. The molecule has 0 unspecified atom stereocenters. The number of rotatable bonds is 3. The first-order valence-corrected chi connectivity index (χ1v) is 9.15. The van der Waals surface area contributed by atoms with Gasteiger partial charge >= 0.3 is 6.18 Å². The van der Waals surface area contributed by atoms with E-state index in [2.05, 4.69) is 19.9 Å². The number of fused-ring (bicyclic) bond motifs is 1. The average molecular weight is 411 g/mol. The molecule has 1 aliphatic heterocycles. The van der Waals surface area contributed by atoms with Gasteiger partial charge in [0.05, 0.1) is 17.1 Å². The Morgan fingerprint density at radius 2 is 1.96 bits per heavy atom. The molecule has 4 rings (SSSR count).